The van der Waals surface area contributed by atoms with Crippen molar-refractivity contribution < 1.29 is 0 Å². The first-order valence-corrected chi connectivity index (χ1v) is 6.30. The molecule has 0 radical (unpaired) electrons. The maximum absolute atomic E-state index is 5.74. The molecule has 0 aromatic carbocycles. The van der Waals surface area contributed by atoms with Crippen molar-refractivity contribution in [2.75, 3.05) is 6.54 Å². The first-order valence-electron chi connectivity index (χ1n) is 5.49. The summed E-state index contributed by atoms with van der Waals surface area (Å²) in [5.74, 6) is 2.21. The van der Waals surface area contributed by atoms with E-state index in [-0.39, 0.29) is 0 Å². The van der Waals surface area contributed by atoms with Gasteiger partial charge in [-0.3, -0.25) is 0 Å². The Labute approximate surface area is 88.5 Å². The smallest absolute Gasteiger partial charge is 0.0964 e. The Kier molecular flexibility index (Phi) is 1.92. The number of thiazole rings is 1. The summed E-state index contributed by atoms with van der Waals surface area (Å²) in [7, 11) is 0. The van der Waals surface area contributed by atoms with Gasteiger partial charge >= 0.3 is 0 Å². The zero-order chi connectivity index (χ0) is 9.71. The Morgan fingerprint density at radius 1 is 1.57 bits per heavy atom. The van der Waals surface area contributed by atoms with Crippen LogP contribution >= 0.6 is 11.3 Å². The van der Waals surface area contributed by atoms with Gasteiger partial charge in [0.05, 0.1) is 10.7 Å². The van der Waals surface area contributed by atoms with E-state index in [0.29, 0.717) is 5.92 Å². The van der Waals surface area contributed by atoms with Crippen LogP contribution in [0, 0.1) is 5.92 Å². The minimum absolute atomic E-state index is 0.559. The third-order valence-corrected chi connectivity index (χ3v) is 4.82. The molecule has 2 nitrogen and oxygen atoms in total. The summed E-state index contributed by atoms with van der Waals surface area (Å²) >= 11 is 1.95. The van der Waals surface area contributed by atoms with Gasteiger partial charge in [-0.2, -0.15) is 0 Å². The fourth-order valence-electron chi connectivity index (χ4n) is 2.38. The second-order valence-corrected chi connectivity index (χ2v) is 5.77. The molecule has 3 unspecified atom stereocenters. The summed E-state index contributed by atoms with van der Waals surface area (Å²) in [6.45, 7) is 3.09. The number of fused-ring (bicyclic) bond motifs is 1. The van der Waals surface area contributed by atoms with Crippen LogP contribution in [0.25, 0.3) is 0 Å². The zero-order valence-corrected chi connectivity index (χ0v) is 9.31. The molecule has 2 aliphatic rings. The third-order valence-electron chi connectivity index (χ3n) is 3.56. The first kappa shape index (κ1) is 8.86. The minimum Gasteiger partial charge on any atom is -0.330 e. The summed E-state index contributed by atoms with van der Waals surface area (Å²) in [5, 5.41) is 1.39. The average Bonchev–Trinajstić information content (AvgIpc) is 2.64. The second kappa shape index (κ2) is 3.04. The molecule has 1 aromatic heterocycles. The molecule has 0 amide bonds. The van der Waals surface area contributed by atoms with Gasteiger partial charge in [-0.05, 0) is 25.2 Å². The van der Waals surface area contributed by atoms with E-state index in [1.807, 2.05) is 11.3 Å². The van der Waals surface area contributed by atoms with Crippen LogP contribution in [0.2, 0.25) is 0 Å². The topological polar surface area (TPSA) is 38.9 Å². The van der Waals surface area contributed by atoms with Crippen molar-refractivity contribution >= 4 is 11.3 Å². The highest BCUT2D eigenvalue weighted by Gasteiger charge is 2.38. The van der Waals surface area contributed by atoms with Gasteiger partial charge in [0.25, 0.3) is 0 Å². The number of hydrogen-bond acceptors (Lipinski definition) is 3. The zero-order valence-electron chi connectivity index (χ0n) is 8.49. The summed E-state index contributed by atoms with van der Waals surface area (Å²) < 4.78 is 0. The van der Waals surface area contributed by atoms with Crippen molar-refractivity contribution in [1.82, 2.24) is 4.98 Å². The van der Waals surface area contributed by atoms with Crippen molar-refractivity contribution in [3.63, 3.8) is 0 Å². The Balaban J connectivity index is 1.90. The summed E-state index contributed by atoms with van der Waals surface area (Å²) in [5.41, 5.74) is 7.08. The number of nitrogens with two attached hydrogens (primary N) is 1. The van der Waals surface area contributed by atoms with Gasteiger partial charge in [-0.1, -0.05) is 6.92 Å². The molecule has 2 aliphatic carbocycles. The van der Waals surface area contributed by atoms with Gasteiger partial charge in [0, 0.05) is 23.3 Å². The molecular formula is C11H16N2S. The maximum atomic E-state index is 5.74. The van der Waals surface area contributed by atoms with Gasteiger partial charge in [-0.25, -0.2) is 4.98 Å². The Morgan fingerprint density at radius 2 is 2.36 bits per heavy atom. The number of rotatable bonds is 2. The number of aromatic nitrogens is 1. The van der Waals surface area contributed by atoms with Gasteiger partial charge in [-0.15, -0.1) is 11.3 Å². The molecule has 3 atom stereocenters. The van der Waals surface area contributed by atoms with Crippen LogP contribution < -0.4 is 5.73 Å². The molecule has 1 heterocycles. The standard InChI is InChI=1S/C11H16N2S/c1-6-4-8(6)11-13-10-7(5-12)2-3-9(10)14-11/h6-8H,2-5,12H2,1H3. The van der Waals surface area contributed by atoms with E-state index in [2.05, 4.69) is 6.92 Å². The van der Waals surface area contributed by atoms with E-state index >= 15 is 0 Å². The van der Waals surface area contributed by atoms with E-state index in [0.717, 1.165) is 18.4 Å². The van der Waals surface area contributed by atoms with E-state index < -0.39 is 0 Å². The Bertz CT molecular complexity index is 358. The molecule has 2 N–H and O–H groups in total. The van der Waals surface area contributed by atoms with Crippen LogP contribution in [0.1, 0.15) is 47.2 Å². The molecule has 3 heteroatoms. The highest BCUT2D eigenvalue weighted by molar-refractivity contribution is 7.11. The SMILES string of the molecule is CC1CC1c1nc2c(s1)CCC2CN. The predicted molar refractivity (Wildman–Crippen MR) is 58.8 cm³/mol. The lowest BCUT2D eigenvalue weighted by molar-refractivity contribution is 0.671. The molecule has 14 heavy (non-hydrogen) atoms. The lowest BCUT2D eigenvalue weighted by Crippen LogP contribution is -2.09. The van der Waals surface area contributed by atoms with Crippen LogP contribution in [0.5, 0.6) is 0 Å². The lowest BCUT2D eigenvalue weighted by Gasteiger charge is -2.03. The van der Waals surface area contributed by atoms with Crippen molar-refractivity contribution in [3.05, 3.63) is 15.6 Å². The van der Waals surface area contributed by atoms with Crippen molar-refractivity contribution in [3.8, 4) is 0 Å². The van der Waals surface area contributed by atoms with Crippen LogP contribution in [-0.2, 0) is 6.42 Å². The highest BCUT2D eigenvalue weighted by Crippen LogP contribution is 2.50. The van der Waals surface area contributed by atoms with E-state index in [1.54, 1.807) is 0 Å². The Hall–Kier alpha value is -0.410. The first-order chi connectivity index (χ1) is 6.79. The fraction of sp³-hybridized carbons (Fsp3) is 0.727. The molecule has 0 saturated heterocycles. The summed E-state index contributed by atoms with van der Waals surface area (Å²) in [6, 6.07) is 0. The van der Waals surface area contributed by atoms with Gasteiger partial charge in [0.15, 0.2) is 0 Å². The van der Waals surface area contributed by atoms with Crippen LogP contribution in [-0.4, -0.2) is 11.5 Å². The summed E-state index contributed by atoms with van der Waals surface area (Å²) in [4.78, 5) is 6.32. The molecule has 0 aliphatic heterocycles. The van der Waals surface area contributed by atoms with Crippen LogP contribution in [0.15, 0.2) is 0 Å². The largest absolute Gasteiger partial charge is 0.330 e. The minimum atomic E-state index is 0.559. The van der Waals surface area contributed by atoms with Crippen molar-refractivity contribution in [2.45, 2.75) is 38.0 Å². The van der Waals surface area contributed by atoms with Gasteiger partial charge in [0.1, 0.15) is 0 Å². The van der Waals surface area contributed by atoms with Gasteiger partial charge in [0.2, 0.25) is 0 Å². The second-order valence-electron chi connectivity index (χ2n) is 4.65. The quantitative estimate of drug-likeness (QED) is 0.809. The van der Waals surface area contributed by atoms with Crippen molar-refractivity contribution in [2.24, 2.45) is 11.7 Å². The van der Waals surface area contributed by atoms with E-state index in [9.17, 15) is 0 Å². The van der Waals surface area contributed by atoms with Crippen molar-refractivity contribution in [1.29, 1.82) is 0 Å². The highest BCUT2D eigenvalue weighted by atomic mass is 32.1. The third kappa shape index (κ3) is 1.22. The fourth-order valence-corrected chi connectivity index (χ4v) is 3.79. The molecule has 1 saturated carbocycles. The van der Waals surface area contributed by atoms with Gasteiger partial charge < -0.3 is 5.73 Å². The summed E-state index contributed by atoms with van der Waals surface area (Å²) in [6.07, 6.45) is 3.79. The van der Waals surface area contributed by atoms with Crippen LogP contribution in [0.3, 0.4) is 0 Å². The molecular weight excluding hydrogens is 192 g/mol. The normalized spacial score (nSPS) is 34.6. The average molecular weight is 208 g/mol. The van der Waals surface area contributed by atoms with E-state index in [4.69, 9.17) is 10.7 Å². The molecule has 0 spiro atoms. The number of nitrogens with zero attached hydrogens (tertiary/aromatic N) is 1. The monoisotopic (exact) mass is 208 g/mol. The molecule has 3 rings (SSSR count). The van der Waals surface area contributed by atoms with E-state index in [1.165, 1.54) is 34.8 Å². The Morgan fingerprint density at radius 3 is 3.00 bits per heavy atom. The predicted octanol–water partition coefficient (Wildman–Crippen LogP) is 2.26. The van der Waals surface area contributed by atoms with Crippen LogP contribution in [0.4, 0.5) is 0 Å². The number of aryl methyl sites for hydroxylation is 1. The maximum Gasteiger partial charge on any atom is 0.0964 e. The molecule has 1 aromatic rings. The molecule has 0 bridgehead atoms. The number of hydrogen-bond donors (Lipinski definition) is 1. The molecule has 76 valence electrons. The lowest BCUT2D eigenvalue weighted by atomic mass is 10.1. The molecule has 1 fully saturated rings.